The van der Waals surface area contributed by atoms with E-state index in [4.69, 9.17) is 23.2 Å². The van der Waals surface area contributed by atoms with Crippen LogP contribution in [0.1, 0.15) is 5.56 Å². The Morgan fingerprint density at radius 1 is 0.882 bits per heavy atom. The second-order valence-electron chi connectivity index (χ2n) is 3.66. The van der Waals surface area contributed by atoms with Crippen LogP contribution in [-0.2, 0) is 6.42 Å². The predicted octanol–water partition coefficient (Wildman–Crippen LogP) is 5.33. The van der Waals surface area contributed by atoms with Crippen LogP contribution in [0.15, 0.2) is 53.4 Å². The molecule has 0 amide bonds. The summed E-state index contributed by atoms with van der Waals surface area (Å²) in [5.74, 6) is 1.02. The minimum Gasteiger partial charge on any atom is -0.124 e. The molecule has 17 heavy (non-hydrogen) atoms. The van der Waals surface area contributed by atoms with Crippen molar-refractivity contribution in [1.82, 2.24) is 0 Å². The second-order valence-corrected chi connectivity index (χ2v) is 5.64. The molecule has 0 radical (unpaired) electrons. The molecule has 0 fully saturated rings. The molecule has 88 valence electrons. The summed E-state index contributed by atoms with van der Waals surface area (Å²) in [6.07, 6.45) is 1.02. The highest BCUT2D eigenvalue weighted by Gasteiger charge is 2.00. The van der Waals surface area contributed by atoms with Gasteiger partial charge >= 0.3 is 0 Å². The molecule has 0 aliphatic heterocycles. The lowest BCUT2D eigenvalue weighted by Crippen LogP contribution is -1.88. The summed E-state index contributed by atoms with van der Waals surface area (Å²) < 4.78 is 0. The van der Waals surface area contributed by atoms with Crippen LogP contribution < -0.4 is 0 Å². The molecule has 0 bridgehead atoms. The maximum Gasteiger partial charge on any atom is 0.0541 e. The molecule has 0 atom stereocenters. The fraction of sp³-hybridized carbons (Fsp3) is 0.143. The zero-order valence-corrected chi connectivity index (χ0v) is 11.5. The summed E-state index contributed by atoms with van der Waals surface area (Å²) in [5.41, 5.74) is 1.30. The molecular weight excluding hydrogens is 271 g/mol. The van der Waals surface area contributed by atoms with E-state index in [0.717, 1.165) is 27.1 Å². The van der Waals surface area contributed by atoms with Gasteiger partial charge in [-0.3, -0.25) is 0 Å². The average molecular weight is 283 g/mol. The topological polar surface area (TPSA) is 0 Å². The molecule has 0 aromatic heterocycles. The Morgan fingerprint density at radius 2 is 1.59 bits per heavy atom. The van der Waals surface area contributed by atoms with Crippen molar-refractivity contribution in [3.63, 3.8) is 0 Å². The maximum absolute atomic E-state index is 6.09. The fourth-order valence-corrected chi connectivity index (χ4v) is 2.86. The van der Waals surface area contributed by atoms with Gasteiger partial charge in [-0.15, -0.1) is 11.8 Å². The first-order valence-corrected chi connectivity index (χ1v) is 7.11. The third-order valence-corrected chi connectivity index (χ3v) is 4.17. The Hall–Kier alpha value is -0.630. The van der Waals surface area contributed by atoms with Gasteiger partial charge in [-0.05, 0) is 36.2 Å². The van der Waals surface area contributed by atoms with Crippen LogP contribution in [0.4, 0.5) is 0 Å². The summed E-state index contributed by atoms with van der Waals surface area (Å²) in [5, 5.41) is 1.61. The number of halogens is 2. The van der Waals surface area contributed by atoms with Crippen molar-refractivity contribution >= 4 is 35.0 Å². The molecule has 0 spiro atoms. The molecule has 0 aliphatic carbocycles. The molecular formula is C14H12Cl2S. The number of thioether (sulfide) groups is 1. The van der Waals surface area contributed by atoms with Crippen molar-refractivity contribution < 1.29 is 0 Å². The van der Waals surface area contributed by atoms with Crippen molar-refractivity contribution in [2.24, 2.45) is 0 Å². The Kier molecular flexibility index (Phi) is 4.78. The monoisotopic (exact) mass is 282 g/mol. The van der Waals surface area contributed by atoms with E-state index in [1.807, 2.05) is 30.3 Å². The summed E-state index contributed by atoms with van der Waals surface area (Å²) in [6.45, 7) is 0. The lowest BCUT2D eigenvalue weighted by molar-refractivity contribution is 1.15. The van der Waals surface area contributed by atoms with Crippen molar-refractivity contribution in [1.29, 1.82) is 0 Å². The van der Waals surface area contributed by atoms with Crippen LogP contribution in [-0.4, -0.2) is 5.75 Å². The highest BCUT2D eigenvalue weighted by molar-refractivity contribution is 7.99. The molecule has 0 saturated heterocycles. The molecule has 0 aliphatic rings. The van der Waals surface area contributed by atoms with Gasteiger partial charge in [0.2, 0.25) is 0 Å². The van der Waals surface area contributed by atoms with Crippen LogP contribution in [0.2, 0.25) is 10.0 Å². The molecule has 0 unspecified atom stereocenters. The van der Waals surface area contributed by atoms with Crippen LogP contribution in [0, 0.1) is 0 Å². The SMILES string of the molecule is Clc1ccc(CCSc2ccccc2Cl)cc1. The first kappa shape index (κ1) is 12.8. The second kappa shape index (κ2) is 6.34. The molecule has 2 aromatic carbocycles. The van der Waals surface area contributed by atoms with E-state index in [1.165, 1.54) is 5.56 Å². The van der Waals surface area contributed by atoms with Gasteiger partial charge < -0.3 is 0 Å². The summed E-state index contributed by atoms with van der Waals surface area (Å²) in [6, 6.07) is 15.9. The van der Waals surface area contributed by atoms with Crippen LogP contribution >= 0.6 is 35.0 Å². The van der Waals surface area contributed by atoms with Gasteiger partial charge in [-0.2, -0.15) is 0 Å². The Morgan fingerprint density at radius 3 is 2.29 bits per heavy atom. The van der Waals surface area contributed by atoms with Crippen LogP contribution in [0.3, 0.4) is 0 Å². The minimum absolute atomic E-state index is 0.785. The van der Waals surface area contributed by atoms with Gasteiger partial charge in [0, 0.05) is 15.7 Å². The van der Waals surface area contributed by atoms with E-state index < -0.39 is 0 Å². The molecule has 2 rings (SSSR count). The van der Waals surface area contributed by atoms with E-state index >= 15 is 0 Å². The third-order valence-electron chi connectivity index (χ3n) is 2.40. The van der Waals surface area contributed by atoms with E-state index in [9.17, 15) is 0 Å². The minimum atomic E-state index is 0.785. The normalized spacial score (nSPS) is 10.5. The standard InChI is InChI=1S/C14H12Cl2S/c15-12-7-5-11(6-8-12)9-10-17-14-4-2-1-3-13(14)16/h1-8H,9-10H2. The summed E-state index contributed by atoms with van der Waals surface area (Å²) in [7, 11) is 0. The molecule has 0 heterocycles. The predicted molar refractivity (Wildman–Crippen MR) is 77.3 cm³/mol. The molecule has 0 nitrogen and oxygen atoms in total. The van der Waals surface area contributed by atoms with E-state index in [2.05, 4.69) is 18.2 Å². The van der Waals surface area contributed by atoms with Gasteiger partial charge in [-0.1, -0.05) is 47.5 Å². The van der Waals surface area contributed by atoms with E-state index in [1.54, 1.807) is 11.8 Å². The number of hydrogen-bond acceptors (Lipinski definition) is 1. The van der Waals surface area contributed by atoms with E-state index in [-0.39, 0.29) is 0 Å². The lowest BCUT2D eigenvalue weighted by atomic mass is 10.2. The Balaban J connectivity index is 1.88. The Bertz CT molecular complexity index is 480. The highest BCUT2D eigenvalue weighted by atomic mass is 35.5. The number of hydrogen-bond donors (Lipinski definition) is 0. The highest BCUT2D eigenvalue weighted by Crippen LogP contribution is 2.27. The van der Waals surface area contributed by atoms with Crippen LogP contribution in [0.5, 0.6) is 0 Å². The van der Waals surface area contributed by atoms with Gasteiger partial charge in [-0.25, -0.2) is 0 Å². The smallest absolute Gasteiger partial charge is 0.0541 e. The lowest BCUT2D eigenvalue weighted by Gasteiger charge is -2.04. The number of rotatable bonds is 4. The fourth-order valence-electron chi connectivity index (χ4n) is 1.49. The average Bonchev–Trinajstić information content (AvgIpc) is 2.34. The molecule has 2 aromatic rings. The van der Waals surface area contributed by atoms with Crippen LogP contribution in [0.25, 0.3) is 0 Å². The van der Waals surface area contributed by atoms with E-state index in [0.29, 0.717) is 0 Å². The first-order chi connectivity index (χ1) is 8.25. The molecule has 0 saturated carbocycles. The van der Waals surface area contributed by atoms with Gasteiger partial charge in [0.15, 0.2) is 0 Å². The van der Waals surface area contributed by atoms with Crippen molar-refractivity contribution in [3.05, 3.63) is 64.1 Å². The summed E-state index contributed by atoms with van der Waals surface area (Å²) >= 11 is 13.7. The van der Waals surface area contributed by atoms with Crippen molar-refractivity contribution in [2.75, 3.05) is 5.75 Å². The first-order valence-electron chi connectivity index (χ1n) is 5.37. The zero-order chi connectivity index (χ0) is 12.1. The number of aryl methyl sites for hydroxylation is 1. The van der Waals surface area contributed by atoms with Crippen molar-refractivity contribution in [3.8, 4) is 0 Å². The van der Waals surface area contributed by atoms with Gasteiger partial charge in [0.05, 0.1) is 5.02 Å². The largest absolute Gasteiger partial charge is 0.124 e. The maximum atomic E-state index is 6.09. The van der Waals surface area contributed by atoms with Gasteiger partial charge in [0.1, 0.15) is 0 Å². The third kappa shape index (κ3) is 3.95. The molecule has 3 heteroatoms. The van der Waals surface area contributed by atoms with Gasteiger partial charge in [0.25, 0.3) is 0 Å². The Labute approximate surface area is 116 Å². The molecule has 0 N–H and O–H groups in total. The zero-order valence-electron chi connectivity index (χ0n) is 9.20. The summed E-state index contributed by atoms with van der Waals surface area (Å²) in [4.78, 5) is 1.14. The number of benzene rings is 2. The van der Waals surface area contributed by atoms with Crippen molar-refractivity contribution in [2.45, 2.75) is 11.3 Å². The quantitative estimate of drug-likeness (QED) is 0.683.